The van der Waals surface area contributed by atoms with Crippen LogP contribution < -0.4 is 22.2 Å². The number of nitrogens with two attached hydrogens (primary N) is 2. The molecule has 4 aliphatic rings. The number of carbonyl (C=O) groups excluding carboxylic acids is 1. The third-order valence-corrected chi connectivity index (χ3v) is 9.90. The lowest BCUT2D eigenvalue weighted by molar-refractivity contribution is 0.1000. The van der Waals surface area contributed by atoms with Gasteiger partial charge in [-0.3, -0.25) is 4.79 Å². The lowest BCUT2D eigenvalue weighted by Crippen LogP contribution is -2.51. The van der Waals surface area contributed by atoms with Crippen molar-refractivity contribution in [1.82, 2.24) is 20.7 Å². The van der Waals surface area contributed by atoms with Crippen LogP contribution in [0.3, 0.4) is 0 Å². The zero-order chi connectivity index (χ0) is 30.6. The molecule has 43 heavy (non-hydrogen) atoms. The quantitative estimate of drug-likeness (QED) is 0.359. The van der Waals surface area contributed by atoms with Crippen molar-refractivity contribution < 1.29 is 4.79 Å². The molecule has 1 saturated heterocycles. The van der Waals surface area contributed by atoms with Gasteiger partial charge in [-0.1, -0.05) is 31.4 Å². The van der Waals surface area contributed by atoms with Gasteiger partial charge in [0.2, 0.25) is 5.91 Å². The molecule has 9 heteroatoms. The fourth-order valence-electron chi connectivity index (χ4n) is 7.48. The van der Waals surface area contributed by atoms with E-state index in [1.54, 1.807) is 0 Å². The number of aliphatic imine (C=N–C) groups is 1. The predicted molar refractivity (Wildman–Crippen MR) is 170 cm³/mol. The minimum Gasteiger partial charge on any atom is -0.399 e. The summed E-state index contributed by atoms with van der Waals surface area (Å²) in [4.78, 5) is 19.6. The Labute approximate surface area is 254 Å². The van der Waals surface area contributed by atoms with Gasteiger partial charge in [0.25, 0.3) is 0 Å². The molecule has 1 saturated carbocycles. The van der Waals surface area contributed by atoms with Gasteiger partial charge in [-0.2, -0.15) is 5.26 Å². The summed E-state index contributed by atoms with van der Waals surface area (Å²) in [5.74, 6) is 1.06. The number of hydrogen-bond acceptors (Lipinski definition) is 8. The fourth-order valence-corrected chi connectivity index (χ4v) is 7.48. The van der Waals surface area contributed by atoms with Crippen LogP contribution in [0.25, 0.3) is 5.70 Å². The Morgan fingerprint density at radius 2 is 1.81 bits per heavy atom. The summed E-state index contributed by atoms with van der Waals surface area (Å²) in [6.45, 7) is 13.2. The molecule has 6 atom stereocenters. The van der Waals surface area contributed by atoms with Crippen LogP contribution in [0.4, 0.5) is 0 Å². The fraction of sp³-hybridized carbons (Fsp3) is 0.441. The summed E-state index contributed by atoms with van der Waals surface area (Å²) < 4.78 is 0. The molecule has 3 unspecified atom stereocenters. The van der Waals surface area contributed by atoms with Gasteiger partial charge in [0.05, 0.1) is 11.5 Å². The van der Waals surface area contributed by atoms with E-state index < -0.39 is 11.3 Å². The largest absolute Gasteiger partial charge is 0.399 e. The molecule has 224 valence electrons. The molecular weight excluding hydrogens is 536 g/mol. The number of likely N-dealkylation sites (tertiary alicyclic amines) is 1. The van der Waals surface area contributed by atoms with Crippen molar-refractivity contribution in [2.45, 2.75) is 75.7 Å². The van der Waals surface area contributed by atoms with Gasteiger partial charge in [0.1, 0.15) is 18.0 Å². The lowest BCUT2D eigenvalue weighted by atomic mass is 9.67. The van der Waals surface area contributed by atoms with E-state index in [0.29, 0.717) is 36.2 Å². The number of fused-ring (bicyclic) bond motifs is 3. The van der Waals surface area contributed by atoms with E-state index in [0.717, 1.165) is 59.5 Å². The smallest absolute Gasteiger partial charge is 0.248 e. The molecule has 2 aliphatic carbocycles. The zero-order valence-corrected chi connectivity index (χ0v) is 25.4. The molecule has 0 radical (unpaired) electrons. The maximum Gasteiger partial charge on any atom is 0.248 e. The van der Waals surface area contributed by atoms with Gasteiger partial charge in [-0.25, -0.2) is 10.0 Å². The van der Waals surface area contributed by atoms with Crippen LogP contribution in [0.2, 0.25) is 0 Å². The molecule has 6 rings (SSSR count). The first kappa shape index (κ1) is 29.0. The Bertz CT molecular complexity index is 1500. The molecule has 6 N–H and O–H groups in total. The molecule has 0 aromatic heterocycles. The Balaban J connectivity index is 1.42. The number of amides is 1. The molecule has 2 aromatic rings. The third kappa shape index (κ3) is 4.98. The number of piperidine rings is 1. The van der Waals surface area contributed by atoms with E-state index in [2.05, 4.69) is 66.9 Å². The number of rotatable bonds is 9. The number of nitrogens with zero attached hydrogens (tertiary/aromatic N) is 4. The van der Waals surface area contributed by atoms with E-state index >= 15 is 0 Å². The molecule has 0 bridgehead atoms. The molecule has 2 aliphatic heterocycles. The monoisotopic (exact) mass is 578 g/mol. The Morgan fingerprint density at radius 1 is 1.16 bits per heavy atom. The molecule has 2 heterocycles. The van der Waals surface area contributed by atoms with Crippen molar-refractivity contribution in [3.63, 3.8) is 0 Å². The molecule has 2 fully saturated rings. The van der Waals surface area contributed by atoms with Crippen LogP contribution in [-0.4, -0.2) is 59.5 Å². The van der Waals surface area contributed by atoms with Crippen molar-refractivity contribution in [1.29, 1.82) is 5.26 Å². The number of aryl methyl sites for hydroxylation is 2. The van der Waals surface area contributed by atoms with Crippen LogP contribution >= 0.6 is 0 Å². The van der Waals surface area contributed by atoms with Crippen molar-refractivity contribution >= 4 is 17.4 Å². The van der Waals surface area contributed by atoms with Gasteiger partial charge < -0.3 is 27.1 Å². The third-order valence-electron chi connectivity index (χ3n) is 9.90. The maximum absolute atomic E-state index is 12.2. The molecular formula is C34H42N8O. The topological polar surface area (TPSA) is 136 Å². The van der Waals surface area contributed by atoms with E-state index in [9.17, 15) is 10.1 Å². The van der Waals surface area contributed by atoms with Crippen molar-refractivity contribution in [3.8, 4) is 6.07 Å². The van der Waals surface area contributed by atoms with Crippen LogP contribution in [0, 0.1) is 17.2 Å². The number of nitrogens with one attached hydrogen (secondary N) is 2. The van der Waals surface area contributed by atoms with Crippen LogP contribution in [0.1, 0.15) is 71.3 Å². The van der Waals surface area contributed by atoms with Gasteiger partial charge in [0.15, 0.2) is 0 Å². The summed E-state index contributed by atoms with van der Waals surface area (Å²) in [5.41, 5.74) is 22.3. The minimum atomic E-state index is -0.650. The number of carbonyl (C=O) groups is 1. The van der Waals surface area contributed by atoms with Gasteiger partial charge in [-0.15, -0.1) is 0 Å². The maximum atomic E-state index is 12.2. The standard InChI is InChI=1S/C34H42N8O/c1-19(38-18-20(2)42-28(17-35)14-27-15-31(27)42)16-34(33-39-22(4)41(5)40-33)29-10-8-23(21(3)36)12-24(29)6-7-25-13-26(32(37)43)9-11-30(25)34/h8-13,19,22,27-28,31,38H,2-3,6-7,14-16,18,36H2,1,4-5H3,(H2,37,43)(H,39,40)/t19-,22?,27-,28?,31+,34?/m1/s1. The average Bonchev–Trinajstić information content (AvgIpc) is 3.56. The predicted octanol–water partition coefficient (Wildman–Crippen LogP) is 3.16. The van der Waals surface area contributed by atoms with Crippen molar-refractivity contribution in [2.24, 2.45) is 22.4 Å². The summed E-state index contributed by atoms with van der Waals surface area (Å²) in [5, 5.41) is 15.5. The highest BCUT2D eigenvalue weighted by atomic mass is 16.1. The van der Waals surface area contributed by atoms with E-state index in [1.165, 1.54) is 5.56 Å². The molecule has 9 nitrogen and oxygen atoms in total. The molecule has 1 amide bonds. The van der Waals surface area contributed by atoms with Gasteiger partial charge in [0, 0.05) is 42.6 Å². The summed E-state index contributed by atoms with van der Waals surface area (Å²) in [6.07, 6.45) is 4.26. The first-order valence-corrected chi connectivity index (χ1v) is 15.2. The first-order valence-electron chi connectivity index (χ1n) is 15.2. The van der Waals surface area contributed by atoms with Crippen molar-refractivity contribution in [3.05, 3.63) is 88.6 Å². The minimum absolute atomic E-state index is 0.0411. The number of hydrazine groups is 1. The summed E-state index contributed by atoms with van der Waals surface area (Å²) in [6, 6.07) is 15.1. The number of primary amides is 1. The first-order chi connectivity index (χ1) is 20.5. The van der Waals surface area contributed by atoms with E-state index in [4.69, 9.17) is 16.5 Å². The highest BCUT2D eigenvalue weighted by Crippen LogP contribution is 2.49. The summed E-state index contributed by atoms with van der Waals surface area (Å²) >= 11 is 0. The molecule has 2 aromatic carbocycles. The second-order valence-electron chi connectivity index (χ2n) is 12.8. The van der Waals surface area contributed by atoms with E-state index in [1.807, 2.05) is 30.3 Å². The van der Waals surface area contributed by atoms with Crippen LogP contribution in [0.15, 0.2) is 60.2 Å². The van der Waals surface area contributed by atoms with Gasteiger partial charge >= 0.3 is 0 Å². The lowest BCUT2D eigenvalue weighted by Gasteiger charge is -2.39. The Morgan fingerprint density at radius 3 is 2.40 bits per heavy atom. The normalized spacial score (nSPS) is 28.0. The highest BCUT2D eigenvalue weighted by Gasteiger charge is 2.52. The van der Waals surface area contributed by atoms with Gasteiger partial charge in [-0.05, 0) is 97.9 Å². The molecule has 0 spiro atoms. The van der Waals surface area contributed by atoms with Crippen molar-refractivity contribution in [2.75, 3.05) is 13.6 Å². The highest BCUT2D eigenvalue weighted by molar-refractivity contribution is 5.99. The van der Waals surface area contributed by atoms with Crippen LogP contribution in [-0.2, 0) is 18.3 Å². The van der Waals surface area contributed by atoms with E-state index in [-0.39, 0.29) is 18.2 Å². The SMILES string of the molecule is C=C(N)c1ccc2c(c1)CCc1cc(C(N)=O)ccc1C2(C[C@@H](C)NCC(=C)N1C(C#N)C[C@@H]2C[C@@H]21)C1=NC(C)N(C)N1. The second kappa shape index (κ2) is 10.9. The Hall–Kier alpha value is -4.13. The zero-order valence-electron chi connectivity index (χ0n) is 25.4. The number of amidine groups is 1. The number of hydrogen-bond donors (Lipinski definition) is 4. The second-order valence-corrected chi connectivity index (χ2v) is 12.8. The number of benzene rings is 2. The average molecular weight is 579 g/mol. The summed E-state index contributed by atoms with van der Waals surface area (Å²) in [7, 11) is 2.00. The number of nitriles is 1. The van der Waals surface area contributed by atoms with Crippen LogP contribution in [0.5, 0.6) is 0 Å². The Kier molecular flexibility index (Phi) is 7.31.